The van der Waals surface area contributed by atoms with E-state index in [1.807, 2.05) is 0 Å². The Morgan fingerprint density at radius 2 is 1.93 bits per heavy atom. The Morgan fingerprint density at radius 3 is 2.59 bits per heavy atom. The number of hydrogen-bond acceptors (Lipinski definition) is 6. The second kappa shape index (κ2) is 9.44. The lowest BCUT2D eigenvalue weighted by Crippen LogP contribution is -2.40. The van der Waals surface area contributed by atoms with Crippen LogP contribution >= 0.6 is 34.5 Å². The van der Waals surface area contributed by atoms with Gasteiger partial charge in [0.15, 0.2) is 6.61 Å². The van der Waals surface area contributed by atoms with Gasteiger partial charge in [-0.3, -0.25) is 9.59 Å². The van der Waals surface area contributed by atoms with Crippen molar-refractivity contribution in [1.82, 2.24) is 4.31 Å². The molecule has 2 aromatic rings. The number of sulfonamides is 1. The molecule has 3 rings (SSSR count). The van der Waals surface area contributed by atoms with Crippen LogP contribution in [0.2, 0.25) is 10.0 Å². The van der Waals surface area contributed by atoms with Gasteiger partial charge in [0, 0.05) is 18.1 Å². The molecule has 0 radical (unpaired) electrons. The number of thiophene rings is 1. The van der Waals surface area contributed by atoms with E-state index in [1.54, 1.807) is 29.6 Å². The number of hydrogen-bond donors (Lipinski definition) is 1. The lowest BCUT2D eigenvalue weighted by Gasteiger charge is -2.29. The average molecular weight is 477 g/mol. The van der Waals surface area contributed by atoms with Gasteiger partial charge in [0.1, 0.15) is 4.21 Å². The van der Waals surface area contributed by atoms with Gasteiger partial charge < -0.3 is 10.1 Å². The molecule has 1 aromatic heterocycles. The molecule has 0 aliphatic carbocycles. The number of rotatable bonds is 6. The van der Waals surface area contributed by atoms with E-state index in [4.69, 9.17) is 27.9 Å². The first-order valence-electron chi connectivity index (χ1n) is 8.72. The number of halogens is 2. The highest BCUT2D eigenvalue weighted by Gasteiger charge is 2.33. The summed E-state index contributed by atoms with van der Waals surface area (Å²) in [5, 5.41) is 4.96. The molecular weight excluding hydrogens is 459 g/mol. The molecule has 7 nitrogen and oxygen atoms in total. The lowest BCUT2D eigenvalue weighted by molar-refractivity contribution is -0.152. The zero-order valence-corrected chi connectivity index (χ0v) is 18.3. The molecule has 156 valence electrons. The SMILES string of the molecule is O=C(COC(=O)C1CCN(S(=O)(=O)c2cccs2)CC1)Nc1cc(Cl)ccc1Cl. The first kappa shape index (κ1) is 22.0. The number of esters is 1. The third-order valence-electron chi connectivity index (χ3n) is 4.42. The summed E-state index contributed by atoms with van der Waals surface area (Å²) in [6.07, 6.45) is 0.677. The van der Waals surface area contributed by atoms with E-state index in [0.717, 1.165) is 11.3 Å². The topological polar surface area (TPSA) is 92.8 Å². The number of ether oxygens (including phenoxy) is 1. The summed E-state index contributed by atoms with van der Waals surface area (Å²) in [5.41, 5.74) is 0.326. The Bertz CT molecular complexity index is 988. The van der Waals surface area contributed by atoms with Crippen LogP contribution in [-0.2, 0) is 24.3 Å². The number of nitrogens with one attached hydrogen (secondary N) is 1. The molecule has 1 aromatic carbocycles. The van der Waals surface area contributed by atoms with Crippen LogP contribution in [0, 0.1) is 5.92 Å². The number of piperidine rings is 1. The predicted molar refractivity (Wildman–Crippen MR) is 112 cm³/mol. The van der Waals surface area contributed by atoms with E-state index in [-0.39, 0.29) is 17.3 Å². The quantitative estimate of drug-likeness (QED) is 0.642. The minimum absolute atomic E-state index is 0.227. The van der Waals surface area contributed by atoms with Crippen molar-refractivity contribution in [1.29, 1.82) is 0 Å². The van der Waals surface area contributed by atoms with Crippen LogP contribution < -0.4 is 5.32 Å². The van der Waals surface area contributed by atoms with Crippen molar-refractivity contribution in [3.8, 4) is 0 Å². The molecule has 0 bridgehead atoms. The largest absolute Gasteiger partial charge is 0.455 e. The van der Waals surface area contributed by atoms with Crippen molar-refractivity contribution in [2.45, 2.75) is 17.1 Å². The van der Waals surface area contributed by atoms with E-state index in [1.165, 1.54) is 10.4 Å². The smallest absolute Gasteiger partial charge is 0.309 e. The van der Waals surface area contributed by atoms with Crippen LogP contribution in [0.3, 0.4) is 0 Å². The molecule has 0 atom stereocenters. The third kappa shape index (κ3) is 5.49. The van der Waals surface area contributed by atoms with Crippen LogP contribution in [0.15, 0.2) is 39.9 Å². The Balaban J connectivity index is 1.47. The lowest BCUT2D eigenvalue weighted by atomic mass is 9.98. The second-order valence-corrected chi connectivity index (χ2v) is 10.3. The zero-order valence-electron chi connectivity index (χ0n) is 15.1. The summed E-state index contributed by atoms with van der Waals surface area (Å²) in [7, 11) is -3.52. The fourth-order valence-electron chi connectivity index (χ4n) is 2.90. The number of anilines is 1. The van der Waals surface area contributed by atoms with Crippen LogP contribution in [0.25, 0.3) is 0 Å². The van der Waals surface area contributed by atoms with Crippen molar-refractivity contribution in [3.63, 3.8) is 0 Å². The third-order valence-corrected chi connectivity index (χ3v) is 8.26. The molecule has 1 fully saturated rings. The number of amides is 1. The Labute approximate surface area is 182 Å². The van der Waals surface area contributed by atoms with Crippen molar-refractivity contribution in [3.05, 3.63) is 45.8 Å². The molecule has 11 heteroatoms. The van der Waals surface area contributed by atoms with Crippen molar-refractivity contribution in [2.75, 3.05) is 25.0 Å². The minimum Gasteiger partial charge on any atom is -0.455 e. The molecule has 1 amide bonds. The summed E-state index contributed by atoms with van der Waals surface area (Å²) in [5.74, 6) is -1.52. The molecule has 1 N–H and O–H groups in total. The summed E-state index contributed by atoms with van der Waals surface area (Å²) in [6.45, 7) is -0.00990. The number of carbonyl (C=O) groups is 2. The van der Waals surface area contributed by atoms with Crippen LogP contribution in [0.5, 0.6) is 0 Å². The fraction of sp³-hybridized carbons (Fsp3) is 0.333. The van der Waals surface area contributed by atoms with Crippen molar-refractivity contribution >= 4 is 62.1 Å². The first-order chi connectivity index (χ1) is 13.8. The van der Waals surface area contributed by atoms with Gasteiger partial charge in [-0.15, -0.1) is 11.3 Å². The van der Waals surface area contributed by atoms with Crippen LogP contribution in [0.1, 0.15) is 12.8 Å². The van der Waals surface area contributed by atoms with E-state index in [2.05, 4.69) is 5.32 Å². The molecule has 0 unspecified atom stereocenters. The van der Waals surface area contributed by atoms with E-state index in [0.29, 0.717) is 28.6 Å². The summed E-state index contributed by atoms with van der Waals surface area (Å²) < 4.78 is 31.8. The Hall–Kier alpha value is -1.65. The fourth-order valence-corrected chi connectivity index (χ4v) is 5.85. The van der Waals surface area contributed by atoms with E-state index in [9.17, 15) is 18.0 Å². The van der Waals surface area contributed by atoms with Gasteiger partial charge in [-0.25, -0.2) is 8.42 Å². The van der Waals surface area contributed by atoms with Gasteiger partial charge in [0.25, 0.3) is 15.9 Å². The second-order valence-electron chi connectivity index (χ2n) is 6.39. The number of nitrogens with zero attached hydrogens (tertiary/aromatic N) is 1. The van der Waals surface area contributed by atoms with E-state index >= 15 is 0 Å². The molecule has 0 saturated carbocycles. The molecule has 1 saturated heterocycles. The van der Waals surface area contributed by atoms with Crippen molar-refractivity contribution < 1.29 is 22.7 Å². The standard InChI is InChI=1S/C18H18Cl2N2O5S2/c19-13-3-4-14(20)15(10-13)21-16(23)11-27-18(24)12-5-7-22(8-6-12)29(25,26)17-2-1-9-28-17/h1-4,9-10,12H,5-8,11H2,(H,21,23). The first-order valence-corrected chi connectivity index (χ1v) is 11.8. The molecule has 0 spiro atoms. The Morgan fingerprint density at radius 1 is 1.21 bits per heavy atom. The molecule has 1 aliphatic heterocycles. The number of benzene rings is 1. The Kier molecular flexibility index (Phi) is 7.18. The maximum absolute atomic E-state index is 12.5. The monoisotopic (exact) mass is 476 g/mol. The normalized spacial score (nSPS) is 15.8. The number of carbonyl (C=O) groups excluding carboxylic acids is 2. The molecule has 1 aliphatic rings. The molecular formula is C18H18Cl2N2O5S2. The van der Waals surface area contributed by atoms with Gasteiger partial charge in [-0.1, -0.05) is 29.3 Å². The highest BCUT2D eigenvalue weighted by atomic mass is 35.5. The van der Waals surface area contributed by atoms with E-state index < -0.39 is 34.4 Å². The van der Waals surface area contributed by atoms with Gasteiger partial charge in [-0.2, -0.15) is 4.31 Å². The minimum atomic E-state index is -3.52. The van der Waals surface area contributed by atoms with Crippen LogP contribution in [-0.4, -0.2) is 44.3 Å². The van der Waals surface area contributed by atoms with Gasteiger partial charge >= 0.3 is 5.97 Å². The van der Waals surface area contributed by atoms with Gasteiger partial charge in [0.2, 0.25) is 0 Å². The predicted octanol–water partition coefficient (Wildman–Crippen LogP) is 3.64. The zero-order chi connectivity index (χ0) is 21.0. The molecule has 2 heterocycles. The van der Waals surface area contributed by atoms with Crippen LogP contribution in [0.4, 0.5) is 5.69 Å². The highest BCUT2D eigenvalue weighted by Crippen LogP contribution is 2.27. The summed E-state index contributed by atoms with van der Waals surface area (Å²) in [4.78, 5) is 24.2. The van der Waals surface area contributed by atoms with Crippen molar-refractivity contribution in [2.24, 2.45) is 5.92 Å². The highest BCUT2D eigenvalue weighted by molar-refractivity contribution is 7.91. The summed E-state index contributed by atoms with van der Waals surface area (Å²) in [6, 6.07) is 7.87. The van der Waals surface area contributed by atoms with Gasteiger partial charge in [0.05, 0.1) is 16.6 Å². The maximum atomic E-state index is 12.5. The maximum Gasteiger partial charge on any atom is 0.309 e. The summed E-state index contributed by atoms with van der Waals surface area (Å²) >= 11 is 13.0. The molecule has 29 heavy (non-hydrogen) atoms. The average Bonchev–Trinajstić information content (AvgIpc) is 3.25. The van der Waals surface area contributed by atoms with Gasteiger partial charge in [-0.05, 0) is 42.5 Å².